The van der Waals surface area contributed by atoms with Gasteiger partial charge in [-0.3, -0.25) is 4.79 Å². The van der Waals surface area contributed by atoms with Crippen molar-refractivity contribution in [2.45, 2.75) is 6.61 Å². The Bertz CT molecular complexity index is 959. The Kier molecular flexibility index (Phi) is 7.38. The van der Waals surface area contributed by atoms with Crippen molar-refractivity contribution < 1.29 is 28.2 Å². The molecule has 6 nitrogen and oxygen atoms in total. The summed E-state index contributed by atoms with van der Waals surface area (Å²) in [5, 5.41) is 2.62. The molecule has 0 unspecified atom stereocenters. The first-order valence-corrected chi connectivity index (χ1v) is 9.19. The van der Waals surface area contributed by atoms with Crippen molar-refractivity contribution in [3.8, 4) is 11.5 Å². The normalized spacial score (nSPS) is 10.2. The summed E-state index contributed by atoms with van der Waals surface area (Å²) in [6.45, 7) is -0.382. The van der Waals surface area contributed by atoms with E-state index in [2.05, 4.69) is 5.32 Å². The quantitative estimate of drug-likeness (QED) is 0.542. The van der Waals surface area contributed by atoms with Crippen LogP contribution >= 0.6 is 0 Å². The zero-order valence-corrected chi connectivity index (χ0v) is 16.0. The number of benzene rings is 3. The van der Waals surface area contributed by atoms with Gasteiger partial charge in [-0.05, 0) is 54.1 Å². The van der Waals surface area contributed by atoms with Crippen LogP contribution in [-0.4, -0.2) is 25.1 Å². The van der Waals surface area contributed by atoms with E-state index in [0.29, 0.717) is 23.8 Å². The summed E-state index contributed by atoms with van der Waals surface area (Å²) in [7, 11) is 0. The topological polar surface area (TPSA) is 73.9 Å². The fourth-order valence-electron chi connectivity index (χ4n) is 2.43. The smallest absolute Gasteiger partial charge is 0.344 e. The lowest BCUT2D eigenvalue weighted by atomic mass is 10.2. The van der Waals surface area contributed by atoms with E-state index in [0.717, 1.165) is 5.56 Å². The van der Waals surface area contributed by atoms with Gasteiger partial charge in [0.2, 0.25) is 0 Å². The first-order chi connectivity index (χ1) is 14.6. The molecular weight excluding hydrogens is 389 g/mol. The number of carbonyl (C=O) groups excluding carboxylic acids is 2. The van der Waals surface area contributed by atoms with Crippen LogP contribution in [0.4, 0.5) is 10.1 Å². The van der Waals surface area contributed by atoms with Gasteiger partial charge in [-0.2, -0.15) is 0 Å². The highest BCUT2D eigenvalue weighted by Gasteiger charge is 2.09. The van der Waals surface area contributed by atoms with E-state index >= 15 is 0 Å². The summed E-state index contributed by atoms with van der Waals surface area (Å²) in [5.41, 5.74) is 1.60. The number of rotatable bonds is 9. The molecule has 30 heavy (non-hydrogen) atoms. The molecule has 7 heteroatoms. The average molecular weight is 409 g/mol. The molecule has 0 atom stereocenters. The van der Waals surface area contributed by atoms with Crippen molar-refractivity contribution >= 4 is 17.6 Å². The second-order valence-electron chi connectivity index (χ2n) is 6.25. The molecule has 0 spiro atoms. The van der Waals surface area contributed by atoms with Crippen LogP contribution in [0.3, 0.4) is 0 Å². The summed E-state index contributed by atoms with van der Waals surface area (Å²) in [6, 6.07) is 21.8. The minimum Gasteiger partial charge on any atom is -0.489 e. The van der Waals surface area contributed by atoms with Crippen LogP contribution < -0.4 is 14.8 Å². The highest BCUT2D eigenvalue weighted by atomic mass is 19.1. The minimum atomic E-state index is -0.709. The van der Waals surface area contributed by atoms with Crippen molar-refractivity contribution in [2.75, 3.05) is 18.5 Å². The molecule has 0 aliphatic heterocycles. The van der Waals surface area contributed by atoms with Crippen LogP contribution in [0.25, 0.3) is 0 Å². The van der Waals surface area contributed by atoms with Gasteiger partial charge in [0.05, 0.1) is 0 Å². The largest absolute Gasteiger partial charge is 0.489 e. The second kappa shape index (κ2) is 10.6. The molecule has 0 heterocycles. The average Bonchev–Trinajstić information content (AvgIpc) is 2.77. The molecule has 3 rings (SSSR count). The first-order valence-electron chi connectivity index (χ1n) is 9.19. The summed E-state index contributed by atoms with van der Waals surface area (Å²) in [4.78, 5) is 23.6. The van der Waals surface area contributed by atoms with Gasteiger partial charge >= 0.3 is 5.97 Å². The van der Waals surface area contributed by atoms with E-state index in [-0.39, 0.29) is 6.61 Å². The number of amides is 1. The van der Waals surface area contributed by atoms with Gasteiger partial charge in [0.15, 0.2) is 13.2 Å². The Morgan fingerprint density at radius 3 is 2.10 bits per heavy atom. The summed E-state index contributed by atoms with van der Waals surface area (Å²) in [6.07, 6.45) is 0. The second-order valence-corrected chi connectivity index (χ2v) is 6.25. The number of esters is 1. The lowest BCUT2D eigenvalue weighted by molar-refractivity contribution is -0.149. The lowest BCUT2D eigenvalue weighted by Crippen LogP contribution is -2.23. The van der Waals surface area contributed by atoms with E-state index < -0.39 is 24.3 Å². The third-order valence-corrected chi connectivity index (χ3v) is 3.92. The third-order valence-electron chi connectivity index (χ3n) is 3.92. The highest BCUT2D eigenvalue weighted by Crippen LogP contribution is 2.17. The van der Waals surface area contributed by atoms with E-state index in [9.17, 15) is 14.0 Å². The fraction of sp³-hybridized carbons (Fsp3) is 0.130. The molecule has 0 aliphatic carbocycles. The molecule has 1 amide bonds. The Balaban J connectivity index is 1.36. The van der Waals surface area contributed by atoms with E-state index in [1.54, 1.807) is 24.3 Å². The van der Waals surface area contributed by atoms with Crippen LogP contribution in [0, 0.1) is 5.82 Å². The van der Waals surface area contributed by atoms with Crippen molar-refractivity contribution in [2.24, 2.45) is 0 Å². The number of nitrogens with one attached hydrogen (secondary N) is 1. The van der Waals surface area contributed by atoms with E-state index in [1.165, 1.54) is 24.3 Å². The number of hydrogen-bond donors (Lipinski definition) is 1. The van der Waals surface area contributed by atoms with Gasteiger partial charge in [0, 0.05) is 5.69 Å². The van der Waals surface area contributed by atoms with Crippen LogP contribution in [0.2, 0.25) is 0 Å². The predicted octanol–water partition coefficient (Wildman–Crippen LogP) is 3.97. The van der Waals surface area contributed by atoms with Crippen molar-refractivity contribution in [3.05, 3.63) is 90.2 Å². The summed E-state index contributed by atoms with van der Waals surface area (Å²) >= 11 is 0. The molecule has 0 saturated carbocycles. The van der Waals surface area contributed by atoms with E-state index in [1.807, 2.05) is 30.3 Å². The number of hydrogen-bond acceptors (Lipinski definition) is 5. The molecule has 0 aromatic heterocycles. The molecule has 3 aromatic carbocycles. The Morgan fingerprint density at radius 1 is 0.767 bits per heavy atom. The number of anilines is 1. The molecule has 154 valence electrons. The number of ether oxygens (including phenoxy) is 3. The van der Waals surface area contributed by atoms with Gasteiger partial charge in [-0.1, -0.05) is 30.3 Å². The van der Waals surface area contributed by atoms with Gasteiger partial charge in [0.1, 0.15) is 23.9 Å². The number of halogens is 1. The first kappa shape index (κ1) is 20.9. The van der Waals surface area contributed by atoms with Crippen LogP contribution in [0.15, 0.2) is 78.9 Å². The maximum absolute atomic E-state index is 12.8. The molecule has 0 bridgehead atoms. The molecule has 1 N–H and O–H groups in total. The van der Waals surface area contributed by atoms with Gasteiger partial charge < -0.3 is 19.5 Å². The Labute approximate surface area is 173 Å². The summed E-state index contributed by atoms with van der Waals surface area (Å²) in [5.74, 6) is -0.604. The molecular formula is C23H20FNO5. The monoisotopic (exact) mass is 409 g/mol. The van der Waals surface area contributed by atoms with Crippen molar-refractivity contribution in [3.63, 3.8) is 0 Å². The fourth-order valence-corrected chi connectivity index (χ4v) is 2.43. The lowest BCUT2D eigenvalue weighted by Gasteiger charge is -2.09. The standard InChI is InChI=1S/C23H20FNO5/c24-18-6-10-20(11-7-18)29-16-23(27)30-15-22(26)25-19-8-12-21(13-9-19)28-14-17-4-2-1-3-5-17/h1-13H,14-16H2,(H,25,26). The summed E-state index contributed by atoms with van der Waals surface area (Å²) < 4.78 is 28.5. The molecule has 0 radical (unpaired) electrons. The molecule has 0 fully saturated rings. The maximum atomic E-state index is 12.8. The van der Waals surface area contributed by atoms with Gasteiger partial charge in [-0.25, -0.2) is 9.18 Å². The SMILES string of the molecule is O=C(COC(=O)COc1ccc(F)cc1)Nc1ccc(OCc2ccccc2)cc1. The third kappa shape index (κ3) is 6.94. The van der Waals surface area contributed by atoms with Crippen molar-refractivity contribution in [1.82, 2.24) is 0 Å². The maximum Gasteiger partial charge on any atom is 0.344 e. The van der Waals surface area contributed by atoms with Gasteiger partial charge in [-0.15, -0.1) is 0 Å². The highest BCUT2D eigenvalue weighted by molar-refractivity contribution is 5.92. The Hall–Kier alpha value is -3.87. The van der Waals surface area contributed by atoms with Crippen LogP contribution in [0.5, 0.6) is 11.5 Å². The van der Waals surface area contributed by atoms with Crippen LogP contribution in [0.1, 0.15) is 5.56 Å². The van der Waals surface area contributed by atoms with Crippen molar-refractivity contribution in [1.29, 1.82) is 0 Å². The van der Waals surface area contributed by atoms with Gasteiger partial charge in [0.25, 0.3) is 5.91 Å². The predicted molar refractivity (Wildman–Crippen MR) is 109 cm³/mol. The molecule has 0 aliphatic rings. The zero-order chi connectivity index (χ0) is 21.2. The minimum absolute atomic E-state index is 0.326. The zero-order valence-electron chi connectivity index (χ0n) is 16.0. The number of carbonyl (C=O) groups is 2. The van der Waals surface area contributed by atoms with Crippen LogP contribution in [-0.2, 0) is 20.9 Å². The molecule has 0 saturated heterocycles. The Morgan fingerprint density at radius 2 is 1.40 bits per heavy atom. The van der Waals surface area contributed by atoms with E-state index in [4.69, 9.17) is 14.2 Å². The molecule has 3 aromatic rings.